The fraction of sp³-hybridized carbons (Fsp3) is 0.240. The number of carbonyl (C=O) groups is 1. The second kappa shape index (κ2) is 8.17. The molecule has 152 valence electrons. The second-order valence-electron chi connectivity index (χ2n) is 8.08. The zero-order valence-electron chi connectivity index (χ0n) is 17.0. The van der Waals surface area contributed by atoms with E-state index in [-0.39, 0.29) is 12.1 Å². The average Bonchev–Trinajstić information content (AvgIpc) is 3.54. The van der Waals surface area contributed by atoms with Crippen LogP contribution in [0, 0.1) is 0 Å². The number of carbonyl (C=O) groups excluding carboxylic acids is 1. The third-order valence-electron chi connectivity index (χ3n) is 5.65. The fourth-order valence-electron chi connectivity index (χ4n) is 3.89. The van der Waals surface area contributed by atoms with Crippen LogP contribution in [0.3, 0.4) is 0 Å². The van der Waals surface area contributed by atoms with Gasteiger partial charge in [-0.05, 0) is 85.2 Å². The van der Waals surface area contributed by atoms with Gasteiger partial charge in [-0.3, -0.25) is 9.62 Å². The van der Waals surface area contributed by atoms with E-state index in [1.54, 1.807) is 11.9 Å². The molecule has 1 aliphatic carbocycles. The number of benzene rings is 3. The Hall–Kier alpha value is -2.76. The average molecular weight is 416 g/mol. The summed E-state index contributed by atoms with van der Waals surface area (Å²) in [6.07, 6.45) is 3.43. The first-order valence-electron chi connectivity index (χ1n) is 10.5. The van der Waals surface area contributed by atoms with Crippen molar-refractivity contribution in [1.82, 2.24) is 4.72 Å². The minimum atomic E-state index is -0.0785. The van der Waals surface area contributed by atoms with Crippen LogP contribution in [-0.4, -0.2) is 18.1 Å². The summed E-state index contributed by atoms with van der Waals surface area (Å²) in [5.41, 5.74) is 5.36. The minimum Gasteiger partial charge on any atom is -0.308 e. The first kappa shape index (κ1) is 19.2. The number of amides is 2. The zero-order valence-corrected chi connectivity index (χ0v) is 17.8. The largest absolute Gasteiger partial charge is 0.326 e. The highest BCUT2D eigenvalue weighted by Crippen LogP contribution is 2.36. The Morgan fingerprint density at radius 3 is 2.43 bits per heavy atom. The van der Waals surface area contributed by atoms with E-state index < -0.39 is 0 Å². The van der Waals surface area contributed by atoms with Crippen LogP contribution in [0.25, 0.3) is 11.1 Å². The van der Waals surface area contributed by atoms with Crippen LogP contribution < -0.4 is 14.9 Å². The Bertz CT molecular complexity index is 1050. The van der Waals surface area contributed by atoms with Gasteiger partial charge in [0.1, 0.15) is 0 Å². The summed E-state index contributed by atoms with van der Waals surface area (Å²) in [6, 6.07) is 25.4. The fourth-order valence-corrected chi connectivity index (χ4v) is 4.77. The van der Waals surface area contributed by atoms with E-state index in [4.69, 9.17) is 0 Å². The maximum Gasteiger partial charge on any atom is 0.326 e. The summed E-state index contributed by atoms with van der Waals surface area (Å²) in [5.74, 6) is 0. The van der Waals surface area contributed by atoms with E-state index in [1.165, 1.54) is 28.9 Å². The molecule has 0 saturated heterocycles. The number of hydrogen-bond donors (Lipinski definition) is 2. The number of fused-ring (bicyclic) bond motifs is 1. The normalized spacial score (nSPS) is 17.6. The highest BCUT2D eigenvalue weighted by Gasteiger charge is 2.31. The molecule has 1 saturated carbocycles. The lowest BCUT2D eigenvalue weighted by atomic mass is 10.1. The van der Waals surface area contributed by atoms with Crippen LogP contribution in [0.4, 0.5) is 16.2 Å². The number of nitrogens with one attached hydrogen (secondary N) is 2. The lowest BCUT2D eigenvalue weighted by Crippen LogP contribution is -2.39. The smallest absolute Gasteiger partial charge is 0.308 e. The molecule has 5 heteroatoms. The molecule has 1 atom stereocenters. The summed E-state index contributed by atoms with van der Waals surface area (Å²) < 4.78 is 3.48. The van der Waals surface area contributed by atoms with Gasteiger partial charge in [-0.1, -0.05) is 42.5 Å². The topological polar surface area (TPSA) is 44.4 Å². The molecule has 2 amide bonds. The minimum absolute atomic E-state index is 0.0785. The Morgan fingerprint density at radius 2 is 1.70 bits per heavy atom. The zero-order chi connectivity index (χ0) is 20.5. The van der Waals surface area contributed by atoms with Gasteiger partial charge >= 0.3 is 6.03 Å². The number of anilines is 2. The molecule has 5 rings (SSSR count). The summed E-state index contributed by atoms with van der Waals surface area (Å²) in [7, 11) is 0. The van der Waals surface area contributed by atoms with Crippen LogP contribution in [0.5, 0.6) is 0 Å². The maximum atomic E-state index is 13.0. The molecule has 1 aliphatic heterocycles. The lowest BCUT2D eigenvalue weighted by Gasteiger charge is -2.23. The molecule has 0 bridgehead atoms. The number of rotatable bonds is 5. The molecule has 1 unspecified atom stereocenters. The van der Waals surface area contributed by atoms with Gasteiger partial charge in [0.15, 0.2) is 0 Å². The van der Waals surface area contributed by atoms with Crippen molar-refractivity contribution in [3.05, 3.63) is 78.4 Å². The summed E-state index contributed by atoms with van der Waals surface area (Å²) in [6.45, 7) is 2.10. The quantitative estimate of drug-likeness (QED) is 0.495. The predicted octanol–water partition coefficient (Wildman–Crippen LogP) is 6.10. The van der Waals surface area contributed by atoms with Crippen molar-refractivity contribution in [2.75, 3.05) is 10.2 Å². The van der Waals surface area contributed by atoms with Crippen molar-refractivity contribution < 1.29 is 4.79 Å². The van der Waals surface area contributed by atoms with E-state index in [9.17, 15) is 4.79 Å². The van der Waals surface area contributed by atoms with Crippen LogP contribution in [0.2, 0.25) is 0 Å². The Kier molecular flexibility index (Phi) is 5.23. The lowest BCUT2D eigenvalue weighted by molar-refractivity contribution is 0.256. The van der Waals surface area contributed by atoms with Crippen LogP contribution >= 0.6 is 11.9 Å². The van der Waals surface area contributed by atoms with Crippen molar-refractivity contribution >= 4 is 29.4 Å². The molecule has 30 heavy (non-hydrogen) atoms. The highest BCUT2D eigenvalue weighted by molar-refractivity contribution is 7.97. The molecule has 1 fully saturated rings. The molecule has 1 heterocycles. The van der Waals surface area contributed by atoms with Gasteiger partial charge in [0.2, 0.25) is 0 Å². The first-order chi connectivity index (χ1) is 14.7. The number of nitrogens with zero attached hydrogens (tertiary/aromatic N) is 1. The van der Waals surface area contributed by atoms with Crippen LogP contribution in [-0.2, 0) is 6.42 Å². The third kappa shape index (κ3) is 4.09. The van der Waals surface area contributed by atoms with Gasteiger partial charge in [-0.15, -0.1) is 0 Å². The van der Waals surface area contributed by atoms with Gasteiger partial charge < -0.3 is 5.32 Å². The summed E-state index contributed by atoms with van der Waals surface area (Å²) in [5, 5.41) is 3.07. The van der Waals surface area contributed by atoms with Gasteiger partial charge in [-0.25, -0.2) is 4.79 Å². The molecule has 3 aromatic rings. The van der Waals surface area contributed by atoms with Crippen molar-refractivity contribution in [3.63, 3.8) is 0 Å². The molecular formula is C25H25N3OS. The van der Waals surface area contributed by atoms with Crippen LogP contribution in [0.15, 0.2) is 77.7 Å². The Balaban J connectivity index is 1.28. The highest BCUT2D eigenvalue weighted by atomic mass is 32.2. The van der Waals surface area contributed by atoms with Crippen molar-refractivity contribution in [2.24, 2.45) is 0 Å². The SMILES string of the molecule is CC1Cc2cc(SNC3CC3)ccc2N1C(=O)Nc1ccc(-c2ccccc2)cc1. The molecule has 3 aromatic carbocycles. The van der Waals surface area contributed by atoms with E-state index in [2.05, 4.69) is 47.3 Å². The van der Waals surface area contributed by atoms with Gasteiger partial charge in [-0.2, -0.15) is 0 Å². The second-order valence-corrected chi connectivity index (χ2v) is 8.99. The third-order valence-corrected chi connectivity index (χ3v) is 6.59. The van der Waals surface area contributed by atoms with Crippen LogP contribution in [0.1, 0.15) is 25.3 Å². The molecule has 0 aromatic heterocycles. The molecule has 4 nitrogen and oxygen atoms in total. The summed E-state index contributed by atoms with van der Waals surface area (Å²) >= 11 is 1.70. The van der Waals surface area contributed by atoms with Crippen molar-refractivity contribution in [1.29, 1.82) is 0 Å². The molecule has 0 spiro atoms. The molecular weight excluding hydrogens is 390 g/mol. The monoisotopic (exact) mass is 415 g/mol. The van der Waals surface area contributed by atoms with E-state index in [0.29, 0.717) is 6.04 Å². The van der Waals surface area contributed by atoms with E-state index in [1.807, 2.05) is 47.4 Å². The van der Waals surface area contributed by atoms with Gasteiger partial charge in [0, 0.05) is 28.4 Å². The molecule has 2 aliphatic rings. The molecule has 0 radical (unpaired) electrons. The Morgan fingerprint density at radius 1 is 0.967 bits per heavy atom. The maximum absolute atomic E-state index is 13.0. The van der Waals surface area contributed by atoms with Gasteiger partial charge in [0.05, 0.1) is 0 Å². The van der Waals surface area contributed by atoms with Crippen molar-refractivity contribution in [3.8, 4) is 11.1 Å². The predicted molar refractivity (Wildman–Crippen MR) is 125 cm³/mol. The Labute approximate surface area is 181 Å². The standard InChI is InChI=1S/C25H25N3OS/c1-17-15-20-16-23(30-27-22-11-12-22)13-14-24(20)28(17)25(29)26-21-9-7-19(8-10-21)18-5-3-2-4-6-18/h2-10,13-14,16-17,22,27H,11-12,15H2,1H3,(H,26,29). The van der Waals surface area contributed by atoms with E-state index in [0.717, 1.165) is 23.4 Å². The molecule has 2 N–H and O–H groups in total. The summed E-state index contributed by atoms with van der Waals surface area (Å²) in [4.78, 5) is 16.1. The first-order valence-corrected chi connectivity index (χ1v) is 11.3. The van der Waals surface area contributed by atoms with Crippen molar-refractivity contribution in [2.45, 2.75) is 43.2 Å². The van der Waals surface area contributed by atoms with E-state index >= 15 is 0 Å². The number of urea groups is 1. The number of hydrogen-bond acceptors (Lipinski definition) is 3. The van der Waals surface area contributed by atoms with Gasteiger partial charge in [0.25, 0.3) is 0 Å².